The maximum Gasteiger partial charge on any atom is 1.00 e. The van der Waals surface area contributed by atoms with Crippen molar-refractivity contribution < 1.29 is 64.3 Å². The van der Waals surface area contributed by atoms with E-state index in [1.165, 1.54) is 12.1 Å². The van der Waals surface area contributed by atoms with Crippen LogP contribution in [0.2, 0.25) is 0 Å². The van der Waals surface area contributed by atoms with Gasteiger partial charge in [-0.05, 0) is 12.1 Å². The summed E-state index contributed by atoms with van der Waals surface area (Å²) in [6.45, 7) is 0. The van der Waals surface area contributed by atoms with E-state index in [9.17, 15) is 8.76 Å². The summed E-state index contributed by atoms with van der Waals surface area (Å²) in [7, 11) is 0. The first-order valence-corrected chi connectivity index (χ1v) is 3.81. The van der Waals surface area contributed by atoms with E-state index in [0.717, 1.165) is 0 Å². The second-order valence-corrected chi connectivity index (χ2v) is 2.43. The van der Waals surface area contributed by atoms with E-state index >= 15 is 0 Å². The molecule has 0 aliphatic heterocycles. The van der Waals surface area contributed by atoms with E-state index < -0.39 is 11.4 Å². The van der Waals surface area contributed by atoms with E-state index in [1.807, 2.05) is 0 Å². The Hall–Kier alpha value is 0.566. The fraction of sp³-hybridized carbons (Fsp3) is 0. The maximum absolute atomic E-state index is 10.0. The largest absolute Gasteiger partial charge is 1.00 e. The molecular weight excluding hydrogens is 205 g/mol. The molecule has 0 bridgehead atoms. The Bertz CT molecular complexity index is 281. The van der Waals surface area contributed by atoms with Gasteiger partial charge in [0, 0.05) is 11.8 Å². The molecule has 1 rings (SSSR count). The van der Waals surface area contributed by atoms with E-state index in [2.05, 4.69) is 4.18 Å². The van der Waals surface area contributed by atoms with Gasteiger partial charge < -0.3 is 14.5 Å². The normalized spacial score (nSPS) is 11.4. The topological polar surface area (TPSA) is 75.4 Å². The van der Waals surface area contributed by atoms with E-state index in [0.29, 0.717) is 5.69 Å². The van der Waals surface area contributed by atoms with Crippen LogP contribution in [-0.2, 0) is 11.4 Å². The third-order valence-electron chi connectivity index (χ3n) is 1.02. The summed E-state index contributed by atoms with van der Waals surface area (Å²) in [6.07, 6.45) is 0. The molecule has 0 heterocycles. The van der Waals surface area contributed by atoms with Crippen LogP contribution in [0.4, 0.5) is 5.69 Å². The Kier molecular flexibility index (Phi) is 6.37. The standard InChI is InChI=1S/C6H7NO3S.K/c7-5-2-1-3-6(4-5)10-11(8)9;/h1-4H,7H2,(H,8,9);/q;+1/p-1. The Morgan fingerprint density at radius 2 is 2.17 bits per heavy atom. The predicted octanol–water partition coefficient (Wildman–Crippen LogP) is -2.55. The van der Waals surface area contributed by atoms with Gasteiger partial charge in [-0.1, -0.05) is 6.07 Å². The summed E-state index contributed by atoms with van der Waals surface area (Å²) in [5.74, 6) is 0.221. The van der Waals surface area contributed by atoms with Gasteiger partial charge in [-0.3, -0.25) is 0 Å². The molecular formula is C6H6KNO3S. The van der Waals surface area contributed by atoms with Crippen molar-refractivity contribution in [2.24, 2.45) is 0 Å². The van der Waals surface area contributed by atoms with Crippen LogP contribution in [0, 0.1) is 0 Å². The average molecular weight is 211 g/mol. The van der Waals surface area contributed by atoms with Crippen LogP contribution in [0.3, 0.4) is 0 Å². The molecule has 0 fully saturated rings. The zero-order valence-electron chi connectivity index (χ0n) is 6.52. The number of rotatable bonds is 2. The van der Waals surface area contributed by atoms with Crippen molar-refractivity contribution in [2.75, 3.05) is 5.73 Å². The molecule has 0 aromatic heterocycles. The van der Waals surface area contributed by atoms with Crippen molar-refractivity contribution in [3.63, 3.8) is 0 Å². The van der Waals surface area contributed by atoms with Crippen molar-refractivity contribution in [2.45, 2.75) is 0 Å². The number of nitrogen functional groups attached to an aromatic ring is 1. The zero-order chi connectivity index (χ0) is 8.27. The second kappa shape index (κ2) is 6.09. The van der Waals surface area contributed by atoms with Crippen molar-refractivity contribution in [3.05, 3.63) is 24.3 Å². The second-order valence-electron chi connectivity index (χ2n) is 1.86. The van der Waals surface area contributed by atoms with Gasteiger partial charge in [0.05, 0.1) is 0 Å². The maximum atomic E-state index is 10.0. The molecule has 0 radical (unpaired) electrons. The molecule has 60 valence electrons. The molecule has 4 nitrogen and oxygen atoms in total. The monoisotopic (exact) mass is 211 g/mol. The first kappa shape index (κ1) is 12.6. The van der Waals surface area contributed by atoms with E-state index in [4.69, 9.17) is 5.73 Å². The Morgan fingerprint density at radius 1 is 1.50 bits per heavy atom. The smallest absolute Gasteiger partial charge is 0.740 e. The van der Waals surface area contributed by atoms with E-state index in [1.54, 1.807) is 12.1 Å². The van der Waals surface area contributed by atoms with Gasteiger partial charge >= 0.3 is 51.4 Å². The molecule has 0 amide bonds. The molecule has 0 aliphatic rings. The molecule has 1 atom stereocenters. The molecule has 0 aliphatic carbocycles. The van der Waals surface area contributed by atoms with Crippen molar-refractivity contribution >= 4 is 17.0 Å². The first-order valence-electron chi connectivity index (χ1n) is 2.81. The molecule has 0 spiro atoms. The number of anilines is 1. The summed E-state index contributed by atoms with van der Waals surface area (Å²) >= 11 is -2.53. The molecule has 12 heavy (non-hydrogen) atoms. The Labute approximate surface area is 115 Å². The molecule has 1 aromatic carbocycles. The number of hydrogen-bond donors (Lipinski definition) is 1. The van der Waals surface area contributed by atoms with Crippen LogP contribution in [0.1, 0.15) is 0 Å². The summed E-state index contributed by atoms with van der Waals surface area (Å²) in [5.41, 5.74) is 5.82. The van der Waals surface area contributed by atoms with Crippen molar-refractivity contribution in [3.8, 4) is 5.75 Å². The fourth-order valence-electron chi connectivity index (χ4n) is 0.645. The van der Waals surface area contributed by atoms with Crippen LogP contribution >= 0.6 is 0 Å². The summed E-state index contributed by atoms with van der Waals surface area (Å²) in [5, 5.41) is 0. The fourth-order valence-corrected chi connectivity index (χ4v) is 0.906. The minimum Gasteiger partial charge on any atom is -0.740 e. The third-order valence-corrected chi connectivity index (χ3v) is 1.35. The minimum absolute atomic E-state index is 0. The SMILES string of the molecule is Nc1cccc(OS(=O)[O-])c1.[K+]. The van der Waals surface area contributed by atoms with Crippen molar-refractivity contribution in [1.29, 1.82) is 0 Å². The van der Waals surface area contributed by atoms with Crippen LogP contribution in [0.5, 0.6) is 5.75 Å². The van der Waals surface area contributed by atoms with Gasteiger partial charge in [-0.2, -0.15) is 0 Å². The van der Waals surface area contributed by atoms with Crippen LogP contribution < -0.4 is 61.3 Å². The van der Waals surface area contributed by atoms with Gasteiger partial charge in [0.1, 0.15) is 17.1 Å². The summed E-state index contributed by atoms with van der Waals surface area (Å²) < 4.78 is 24.4. The quantitative estimate of drug-likeness (QED) is 0.332. The van der Waals surface area contributed by atoms with E-state index in [-0.39, 0.29) is 57.1 Å². The predicted molar refractivity (Wildman–Crippen MR) is 40.4 cm³/mol. The van der Waals surface area contributed by atoms with Gasteiger partial charge in [-0.25, -0.2) is 4.21 Å². The Morgan fingerprint density at radius 3 is 2.67 bits per heavy atom. The minimum atomic E-state index is -2.53. The van der Waals surface area contributed by atoms with Crippen molar-refractivity contribution in [1.82, 2.24) is 0 Å². The number of benzene rings is 1. The molecule has 0 saturated carbocycles. The molecule has 1 aromatic rings. The number of hydrogen-bond acceptors (Lipinski definition) is 4. The van der Waals surface area contributed by atoms with Gasteiger partial charge in [-0.15, -0.1) is 0 Å². The van der Waals surface area contributed by atoms with Gasteiger partial charge in [0.25, 0.3) is 0 Å². The van der Waals surface area contributed by atoms with Gasteiger partial charge in [0.2, 0.25) is 0 Å². The number of nitrogens with two attached hydrogens (primary N) is 1. The molecule has 2 N–H and O–H groups in total. The average Bonchev–Trinajstić information content (AvgIpc) is 1.85. The summed E-state index contributed by atoms with van der Waals surface area (Å²) in [4.78, 5) is 0. The third kappa shape index (κ3) is 4.56. The Balaban J connectivity index is 0.00000121. The molecule has 1 unspecified atom stereocenters. The molecule has 0 saturated heterocycles. The van der Waals surface area contributed by atoms with Crippen LogP contribution in [0.15, 0.2) is 24.3 Å². The van der Waals surface area contributed by atoms with Crippen LogP contribution in [0.25, 0.3) is 0 Å². The van der Waals surface area contributed by atoms with Crippen LogP contribution in [-0.4, -0.2) is 8.76 Å². The zero-order valence-corrected chi connectivity index (χ0v) is 10.5. The first-order chi connectivity index (χ1) is 5.18. The summed E-state index contributed by atoms with van der Waals surface area (Å²) in [6, 6.07) is 6.18. The molecule has 6 heteroatoms. The van der Waals surface area contributed by atoms with Gasteiger partial charge in [0.15, 0.2) is 0 Å².